The van der Waals surface area contributed by atoms with Crippen molar-refractivity contribution in [1.82, 2.24) is 25.0 Å². The van der Waals surface area contributed by atoms with Crippen molar-refractivity contribution in [2.45, 2.75) is 6.92 Å². The van der Waals surface area contributed by atoms with Crippen LogP contribution < -0.4 is 15.1 Å². The second kappa shape index (κ2) is 7.66. The molecule has 3 heterocycles. The van der Waals surface area contributed by atoms with E-state index in [0.717, 1.165) is 0 Å². The van der Waals surface area contributed by atoms with Crippen molar-refractivity contribution in [3.63, 3.8) is 0 Å². The molecule has 1 aliphatic rings. The van der Waals surface area contributed by atoms with Crippen LogP contribution in [0.4, 0.5) is 17.5 Å². The Hall–Kier alpha value is -3.82. The third kappa shape index (κ3) is 3.51. The first-order valence-corrected chi connectivity index (χ1v) is 9.22. The highest BCUT2D eigenvalue weighted by Crippen LogP contribution is 2.27. The van der Waals surface area contributed by atoms with E-state index in [-0.39, 0.29) is 11.6 Å². The Morgan fingerprint density at radius 1 is 1.24 bits per heavy atom. The Morgan fingerprint density at radius 3 is 2.83 bits per heavy atom. The number of aromatic nitrogens is 5. The predicted octanol–water partition coefficient (Wildman–Crippen LogP) is 1.40. The van der Waals surface area contributed by atoms with Gasteiger partial charge in [0.25, 0.3) is 5.91 Å². The summed E-state index contributed by atoms with van der Waals surface area (Å²) in [5, 5.41) is 10.8. The van der Waals surface area contributed by atoms with E-state index in [2.05, 4.69) is 25.6 Å². The zero-order valence-electron chi connectivity index (χ0n) is 16.1. The lowest BCUT2D eigenvalue weighted by Crippen LogP contribution is -2.33. The van der Waals surface area contributed by atoms with E-state index >= 15 is 0 Å². The number of likely N-dealkylation sites (N-methyl/N-ethyl adjacent to an activating group) is 1. The number of carbonyl (C=O) groups is 2. The Bertz CT molecular complexity index is 1060. The van der Waals surface area contributed by atoms with Crippen LogP contribution in [0.1, 0.15) is 27.8 Å². The number of nitrogens with one attached hydrogen (secondary N) is 1. The summed E-state index contributed by atoms with van der Waals surface area (Å²) in [6.45, 7) is 3.77. The van der Waals surface area contributed by atoms with Gasteiger partial charge in [0.2, 0.25) is 5.95 Å². The molecule has 4 rings (SSSR count). The summed E-state index contributed by atoms with van der Waals surface area (Å²) < 4.78 is 1.50. The number of benzene rings is 1. The second-order valence-electron chi connectivity index (χ2n) is 6.57. The third-order valence-electron chi connectivity index (χ3n) is 4.64. The van der Waals surface area contributed by atoms with Gasteiger partial charge in [0.15, 0.2) is 6.29 Å². The molecule has 0 spiro atoms. The average Bonchev–Trinajstić information content (AvgIpc) is 3.19. The van der Waals surface area contributed by atoms with Gasteiger partial charge in [-0.15, -0.1) is 5.10 Å². The number of aldehydes is 1. The molecule has 1 N–H and O–H groups in total. The van der Waals surface area contributed by atoms with Gasteiger partial charge in [-0.25, -0.2) is 9.67 Å². The van der Waals surface area contributed by atoms with Crippen molar-refractivity contribution >= 4 is 29.6 Å². The highest BCUT2D eigenvalue weighted by atomic mass is 16.2. The summed E-state index contributed by atoms with van der Waals surface area (Å²) in [5.41, 5.74) is 2.10. The number of amides is 1. The molecule has 1 amide bonds. The molecular formula is C19H20N8O2. The molecule has 29 heavy (non-hydrogen) atoms. The van der Waals surface area contributed by atoms with E-state index in [1.807, 2.05) is 43.1 Å². The van der Waals surface area contributed by atoms with Crippen LogP contribution in [0.25, 0.3) is 5.69 Å². The number of rotatable bonds is 5. The fourth-order valence-electron chi connectivity index (χ4n) is 3.17. The van der Waals surface area contributed by atoms with Crippen LogP contribution >= 0.6 is 0 Å². The highest BCUT2D eigenvalue weighted by Gasteiger charge is 2.28. The molecule has 0 unspecified atom stereocenters. The lowest BCUT2D eigenvalue weighted by atomic mass is 10.2. The normalized spacial score (nSPS) is 13.8. The van der Waals surface area contributed by atoms with Gasteiger partial charge in [-0.05, 0) is 25.1 Å². The van der Waals surface area contributed by atoms with Crippen LogP contribution in [0.5, 0.6) is 0 Å². The van der Waals surface area contributed by atoms with Crippen molar-refractivity contribution in [2.75, 3.05) is 41.8 Å². The zero-order chi connectivity index (χ0) is 20.4. The number of carbonyl (C=O) groups excluding carboxylic acids is 2. The lowest BCUT2D eigenvalue weighted by molar-refractivity contribution is 0.0989. The van der Waals surface area contributed by atoms with Crippen LogP contribution in [0.3, 0.4) is 0 Å². The molecule has 3 aromatic rings. The molecule has 0 fully saturated rings. The van der Waals surface area contributed by atoms with Gasteiger partial charge in [-0.3, -0.25) is 9.59 Å². The van der Waals surface area contributed by atoms with Crippen LogP contribution in [-0.4, -0.2) is 63.8 Å². The lowest BCUT2D eigenvalue weighted by Gasteiger charge is -2.21. The topological polar surface area (TPSA) is 109 Å². The van der Waals surface area contributed by atoms with Gasteiger partial charge in [0, 0.05) is 38.6 Å². The Balaban J connectivity index is 1.69. The molecule has 0 bridgehead atoms. The highest BCUT2D eigenvalue weighted by molar-refractivity contribution is 6.09. The first kappa shape index (κ1) is 18.5. The number of hydrogen-bond acceptors (Lipinski definition) is 8. The first-order chi connectivity index (χ1) is 14.1. The second-order valence-corrected chi connectivity index (χ2v) is 6.57. The van der Waals surface area contributed by atoms with E-state index in [1.54, 1.807) is 11.1 Å². The fraction of sp³-hybridized carbons (Fsp3) is 0.263. The van der Waals surface area contributed by atoms with Gasteiger partial charge in [-0.1, -0.05) is 11.3 Å². The molecule has 0 saturated carbocycles. The van der Waals surface area contributed by atoms with E-state index in [1.165, 1.54) is 10.9 Å². The summed E-state index contributed by atoms with van der Waals surface area (Å²) in [6.07, 6.45) is 3.74. The smallest absolute Gasteiger partial charge is 0.263 e. The van der Waals surface area contributed by atoms with E-state index < -0.39 is 0 Å². The summed E-state index contributed by atoms with van der Waals surface area (Å²) in [7, 11) is 1.91. The van der Waals surface area contributed by atoms with Crippen LogP contribution in [0, 0.1) is 0 Å². The van der Waals surface area contributed by atoms with Crippen molar-refractivity contribution in [3.8, 4) is 5.69 Å². The monoisotopic (exact) mass is 392 g/mol. The number of anilines is 3. The minimum Gasteiger partial charge on any atom is -0.357 e. The van der Waals surface area contributed by atoms with Crippen LogP contribution in [0.15, 0.2) is 36.7 Å². The third-order valence-corrected chi connectivity index (χ3v) is 4.64. The molecule has 148 valence electrons. The summed E-state index contributed by atoms with van der Waals surface area (Å²) in [5.74, 6) is 0.932. The largest absolute Gasteiger partial charge is 0.357 e. The Kier molecular flexibility index (Phi) is 4.90. The van der Waals surface area contributed by atoms with Crippen molar-refractivity contribution in [2.24, 2.45) is 0 Å². The maximum atomic E-state index is 13.3. The predicted molar refractivity (Wildman–Crippen MR) is 108 cm³/mol. The van der Waals surface area contributed by atoms with Gasteiger partial charge in [-0.2, -0.15) is 4.98 Å². The van der Waals surface area contributed by atoms with E-state index in [9.17, 15) is 9.59 Å². The molecule has 0 radical (unpaired) electrons. The number of fused-ring (bicyclic) bond motifs is 1. The Morgan fingerprint density at radius 2 is 2.07 bits per heavy atom. The molecule has 0 aliphatic carbocycles. The molecule has 1 aromatic carbocycles. The molecule has 10 heteroatoms. The van der Waals surface area contributed by atoms with Gasteiger partial charge >= 0.3 is 0 Å². The van der Waals surface area contributed by atoms with Gasteiger partial charge < -0.3 is 15.1 Å². The molecular weight excluding hydrogens is 372 g/mol. The fourth-order valence-corrected chi connectivity index (χ4v) is 3.17. The minimum atomic E-state index is -0.170. The van der Waals surface area contributed by atoms with E-state index in [0.29, 0.717) is 54.6 Å². The standard InChI is InChI=1S/C19H20N8O2/c1-3-20-19-21-10-16-17(22-19)25(2)7-8-26(18(16)29)14-5-4-6-15(9-14)27-11-13(12-28)23-24-27/h4-6,9-12H,3,7-8H2,1-2H3,(H,20,21,22). The molecule has 0 atom stereocenters. The molecule has 1 aliphatic heterocycles. The number of nitrogens with zero attached hydrogens (tertiary/aromatic N) is 7. The van der Waals surface area contributed by atoms with E-state index in [4.69, 9.17) is 0 Å². The van der Waals surface area contributed by atoms with Gasteiger partial charge in [0.05, 0.1) is 11.9 Å². The number of hydrogen-bond donors (Lipinski definition) is 1. The van der Waals surface area contributed by atoms with Crippen molar-refractivity contribution in [3.05, 3.63) is 47.9 Å². The SMILES string of the molecule is CCNc1ncc2c(n1)N(C)CCN(c1cccc(-n3cc(C=O)nn3)c1)C2=O. The van der Waals surface area contributed by atoms with Crippen LogP contribution in [-0.2, 0) is 0 Å². The quantitative estimate of drug-likeness (QED) is 0.649. The molecule has 0 saturated heterocycles. The first-order valence-electron chi connectivity index (χ1n) is 9.22. The maximum absolute atomic E-state index is 13.3. The summed E-state index contributed by atoms with van der Waals surface area (Å²) in [4.78, 5) is 36.5. The maximum Gasteiger partial charge on any atom is 0.263 e. The molecule has 10 nitrogen and oxygen atoms in total. The van der Waals surface area contributed by atoms with Crippen molar-refractivity contribution in [1.29, 1.82) is 0 Å². The minimum absolute atomic E-state index is 0.170. The van der Waals surface area contributed by atoms with Crippen molar-refractivity contribution < 1.29 is 9.59 Å². The summed E-state index contributed by atoms with van der Waals surface area (Å²) in [6, 6.07) is 7.36. The average molecular weight is 392 g/mol. The molecule has 2 aromatic heterocycles. The zero-order valence-corrected chi connectivity index (χ0v) is 16.1. The summed E-state index contributed by atoms with van der Waals surface area (Å²) >= 11 is 0. The Labute approximate surface area is 167 Å². The van der Waals surface area contributed by atoms with Crippen LogP contribution in [0.2, 0.25) is 0 Å². The van der Waals surface area contributed by atoms with Gasteiger partial charge in [0.1, 0.15) is 17.1 Å².